The zero-order valence-corrected chi connectivity index (χ0v) is 18.2. The van der Waals surface area contributed by atoms with Crippen LogP contribution in [0.5, 0.6) is 0 Å². The molecule has 0 radical (unpaired) electrons. The molecule has 33 heavy (non-hydrogen) atoms. The van der Waals surface area contributed by atoms with Crippen molar-refractivity contribution in [3.63, 3.8) is 0 Å². The Labute approximate surface area is 192 Å². The monoisotopic (exact) mass is 436 g/mol. The molecule has 1 N–H and O–H groups in total. The highest BCUT2D eigenvalue weighted by Gasteiger charge is 2.22. The normalized spacial score (nSPS) is 15.8. The van der Waals surface area contributed by atoms with Crippen LogP contribution in [-0.2, 0) is 16.0 Å². The summed E-state index contributed by atoms with van der Waals surface area (Å²) in [5, 5.41) is 18.2. The van der Waals surface area contributed by atoms with Gasteiger partial charge in [0.2, 0.25) is 5.91 Å². The van der Waals surface area contributed by atoms with Crippen LogP contribution in [0.3, 0.4) is 0 Å². The van der Waals surface area contributed by atoms with E-state index in [2.05, 4.69) is 11.4 Å². The molecule has 1 aliphatic heterocycles. The van der Waals surface area contributed by atoms with Crippen molar-refractivity contribution in [1.82, 2.24) is 9.78 Å². The molecule has 4 aromatic rings. The highest BCUT2D eigenvalue weighted by Crippen LogP contribution is 2.34. The average molecular weight is 437 g/mol. The maximum absolute atomic E-state index is 12.6. The number of nitrogens with zero attached hydrogens (tertiary/aromatic N) is 3. The lowest BCUT2D eigenvalue weighted by molar-refractivity contribution is -0.115. The number of nitriles is 1. The Morgan fingerprint density at radius 2 is 1.97 bits per heavy atom. The fourth-order valence-corrected chi connectivity index (χ4v) is 4.29. The number of fused-ring (bicyclic) bond motifs is 1. The van der Waals surface area contributed by atoms with E-state index in [4.69, 9.17) is 9.84 Å². The molecule has 0 spiro atoms. The van der Waals surface area contributed by atoms with Gasteiger partial charge in [-0.15, -0.1) is 0 Å². The molecule has 1 amide bonds. The van der Waals surface area contributed by atoms with Gasteiger partial charge in [0.05, 0.1) is 23.6 Å². The Kier molecular flexibility index (Phi) is 5.88. The molecule has 0 aliphatic carbocycles. The molecule has 1 saturated heterocycles. The lowest BCUT2D eigenvalue weighted by atomic mass is 10.0. The lowest BCUT2D eigenvalue weighted by Crippen LogP contribution is -2.19. The van der Waals surface area contributed by atoms with E-state index in [9.17, 15) is 10.1 Å². The van der Waals surface area contributed by atoms with Gasteiger partial charge in [-0.25, -0.2) is 4.68 Å². The van der Waals surface area contributed by atoms with E-state index in [0.717, 1.165) is 53.6 Å². The first-order valence-corrected chi connectivity index (χ1v) is 11.2. The van der Waals surface area contributed by atoms with Gasteiger partial charge in [-0.3, -0.25) is 4.79 Å². The number of carbonyl (C=O) groups excluding carboxylic acids is 1. The molecule has 1 aromatic heterocycles. The van der Waals surface area contributed by atoms with Crippen LogP contribution >= 0.6 is 0 Å². The number of benzene rings is 3. The van der Waals surface area contributed by atoms with Crippen molar-refractivity contribution in [2.75, 3.05) is 11.9 Å². The number of anilines is 1. The van der Waals surface area contributed by atoms with Crippen LogP contribution < -0.4 is 5.32 Å². The van der Waals surface area contributed by atoms with E-state index in [1.54, 1.807) is 0 Å². The SMILES string of the molecule is N#Cc1ccc2c(c1)c(-c1cccc(NC(=O)Cc3ccccc3)c1)nn2C1CCCCO1. The molecular formula is C27H24N4O2. The van der Waals surface area contributed by atoms with E-state index >= 15 is 0 Å². The number of rotatable bonds is 5. The van der Waals surface area contributed by atoms with Gasteiger partial charge in [-0.2, -0.15) is 10.4 Å². The second-order valence-electron chi connectivity index (χ2n) is 8.25. The molecule has 6 nitrogen and oxygen atoms in total. The van der Waals surface area contributed by atoms with Gasteiger partial charge in [0.25, 0.3) is 0 Å². The summed E-state index contributed by atoms with van der Waals surface area (Å²) in [6.45, 7) is 0.723. The van der Waals surface area contributed by atoms with Crippen LogP contribution in [0.4, 0.5) is 5.69 Å². The summed E-state index contributed by atoms with van der Waals surface area (Å²) >= 11 is 0. The van der Waals surface area contributed by atoms with Gasteiger partial charge in [0.1, 0.15) is 5.69 Å². The standard InChI is InChI=1S/C27H24N4O2/c28-18-20-12-13-24-23(15-20)27(30-31(24)26-11-4-5-14-33-26)21-9-6-10-22(17-21)29-25(32)16-19-7-2-1-3-8-19/h1-3,6-10,12-13,15,17,26H,4-5,11,14,16H2,(H,29,32). The molecule has 5 rings (SSSR count). The largest absolute Gasteiger partial charge is 0.356 e. The molecule has 2 heterocycles. The zero-order chi connectivity index (χ0) is 22.6. The number of carbonyl (C=O) groups is 1. The molecule has 1 atom stereocenters. The minimum Gasteiger partial charge on any atom is -0.356 e. The molecule has 3 aromatic carbocycles. The lowest BCUT2D eigenvalue weighted by Gasteiger charge is -2.23. The average Bonchev–Trinajstić information content (AvgIpc) is 3.24. The van der Waals surface area contributed by atoms with Crippen molar-refractivity contribution in [3.05, 3.63) is 83.9 Å². The molecule has 6 heteroatoms. The molecule has 164 valence electrons. The highest BCUT2D eigenvalue weighted by atomic mass is 16.5. The van der Waals surface area contributed by atoms with Crippen molar-refractivity contribution < 1.29 is 9.53 Å². The molecule has 1 unspecified atom stereocenters. The van der Waals surface area contributed by atoms with Crippen molar-refractivity contribution in [3.8, 4) is 17.3 Å². The van der Waals surface area contributed by atoms with Gasteiger partial charge in [-0.05, 0) is 55.2 Å². The predicted molar refractivity (Wildman–Crippen MR) is 127 cm³/mol. The van der Waals surface area contributed by atoms with Crippen LogP contribution in [-0.4, -0.2) is 22.3 Å². The number of ether oxygens (including phenoxy) is 1. The summed E-state index contributed by atoms with van der Waals surface area (Å²) in [7, 11) is 0. The first-order valence-electron chi connectivity index (χ1n) is 11.2. The summed E-state index contributed by atoms with van der Waals surface area (Å²) in [5.41, 5.74) is 4.85. The molecule has 1 fully saturated rings. The maximum atomic E-state index is 12.6. The molecule has 0 bridgehead atoms. The third-order valence-corrected chi connectivity index (χ3v) is 5.89. The van der Waals surface area contributed by atoms with Gasteiger partial charge in [0.15, 0.2) is 6.23 Å². The number of aromatic nitrogens is 2. The maximum Gasteiger partial charge on any atom is 0.228 e. The van der Waals surface area contributed by atoms with Crippen molar-refractivity contribution in [1.29, 1.82) is 5.26 Å². The Hall–Kier alpha value is -3.95. The van der Waals surface area contributed by atoms with Crippen molar-refractivity contribution in [2.45, 2.75) is 31.9 Å². The second kappa shape index (κ2) is 9.27. The molecular weight excluding hydrogens is 412 g/mol. The molecule has 1 aliphatic rings. The topological polar surface area (TPSA) is 79.9 Å². The Morgan fingerprint density at radius 1 is 1.09 bits per heavy atom. The number of amides is 1. The minimum absolute atomic E-state index is 0.0730. The molecule has 0 saturated carbocycles. The zero-order valence-electron chi connectivity index (χ0n) is 18.2. The summed E-state index contributed by atoms with van der Waals surface area (Å²) < 4.78 is 7.93. The van der Waals surface area contributed by atoms with Crippen LogP contribution in [0.15, 0.2) is 72.8 Å². The summed E-state index contributed by atoms with van der Waals surface area (Å²) in [5.74, 6) is -0.0730. The summed E-state index contributed by atoms with van der Waals surface area (Å²) in [4.78, 5) is 12.6. The first-order chi connectivity index (χ1) is 16.2. The van der Waals surface area contributed by atoms with Gasteiger partial charge >= 0.3 is 0 Å². The van der Waals surface area contributed by atoms with Gasteiger partial charge < -0.3 is 10.1 Å². The Bertz CT molecular complexity index is 1330. The van der Waals surface area contributed by atoms with Gasteiger partial charge in [-0.1, -0.05) is 42.5 Å². The third-order valence-electron chi connectivity index (χ3n) is 5.89. The predicted octanol–water partition coefficient (Wildman–Crippen LogP) is 5.46. The second-order valence-corrected chi connectivity index (χ2v) is 8.25. The van der Waals surface area contributed by atoms with E-state index in [1.165, 1.54) is 0 Å². The smallest absolute Gasteiger partial charge is 0.228 e. The Balaban J connectivity index is 1.48. The quantitative estimate of drug-likeness (QED) is 0.451. The van der Waals surface area contributed by atoms with Crippen molar-refractivity contribution in [2.24, 2.45) is 0 Å². The van der Waals surface area contributed by atoms with Gasteiger partial charge in [0, 0.05) is 23.2 Å². The highest BCUT2D eigenvalue weighted by molar-refractivity contribution is 5.96. The summed E-state index contributed by atoms with van der Waals surface area (Å²) in [6.07, 6.45) is 3.27. The van der Waals surface area contributed by atoms with Crippen LogP contribution in [0, 0.1) is 11.3 Å². The Morgan fingerprint density at radius 3 is 2.76 bits per heavy atom. The van der Waals surface area contributed by atoms with E-state index in [-0.39, 0.29) is 12.1 Å². The van der Waals surface area contributed by atoms with Crippen molar-refractivity contribution >= 4 is 22.5 Å². The van der Waals surface area contributed by atoms with Crippen LogP contribution in [0.1, 0.15) is 36.6 Å². The fraction of sp³-hybridized carbons (Fsp3) is 0.222. The van der Waals surface area contributed by atoms with Crippen LogP contribution in [0.25, 0.3) is 22.2 Å². The minimum atomic E-state index is -0.114. The van der Waals surface area contributed by atoms with E-state index < -0.39 is 0 Å². The van der Waals surface area contributed by atoms with Crippen LogP contribution in [0.2, 0.25) is 0 Å². The fourth-order valence-electron chi connectivity index (χ4n) is 4.29. The summed E-state index contributed by atoms with van der Waals surface area (Å²) in [6, 6.07) is 25.2. The number of hydrogen-bond donors (Lipinski definition) is 1. The van der Waals surface area contributed by atoms with E-state index in [0.29, 0.717) is 17.7 Å². The number of nitrogens with one attached hydrogen (secondary N) is 1. The first kappa shape index (κ1) is 20.9. The third kappa shape index (κ3) is 4.50. The van der Waals surface area contributed by atoms with E-state index in [1.807, 2.05) is 77.5 Å². The number of hydrogen-bond acceptors (Lipinski definition) is 4.